The fraction of sp³-hybridized carbons (Fsp3) is 0.333. The van der Waals surface area contributed by atoms with Crippen molar-refractivity contribution in [3.8, 4) is 5.75 Å². The van der Waals surface area contributed by atoms with Gasteiger partial charge in [-0.3, -0.25) is 9.59 Å². The summed E-state index contributed by atoms with van der Waals surface area (Å²) < 4.78 is 5.37. The van der Waals surface area contributed by atoms with E-state index in [0.29, 0.717) is 11.4 Å². The Morgan fingerprint density at radius 1 is 1.04 bits per heavy atom. The zero-order valence-electron chi connectivity index (χ0n) is 16.1. The predicted molar refractivity (Wildman–Crippen MR) is 105 cm³/mol. The second-order valence-electron chi connectivity index (χ2n) is 6.46. The second kappa shape index (κ2) is 8.52. The zero-order valence-corrected chi connectivity index (χ0v) is 16.1. The molecule has 2 amide bonds. The number of anilines is 2. The Labute approximate surface area is 155 Å². The van der Waals surface area contributed by atoms with Crippen molar-refractivity contribution < 1.29 is 14.3 Å². The van der Waals surface area contributed by atoms with E-state index in [-0.39, 0.29) is 24.8 Å². The minimum atomic E-state index is -0.131. The summed E-state index contributed by atoms with van der Waals surface area (Å²) in [7, 11) is 1.57. The molecule has 0 fully saturated rings. The van der Waals surface area contributed by atoms with Crippen LogP contribution in [0.5, 0.6) is 5.75 Å². The van der Waals surface area contributed by atoms with E-state index < -0.39 is 0 Å². The summed E-state index contributed by atoms with van der Waals surface area (Å²) in [5.41, 5.74) is 4.59. The quantitative estimate of drug-likeness (QED) is 0.853. The number of amides is 2. The molecule has 0 heterocycles. The molecule has 0 saturated heterocycles. The first-order valence-corrected chi connectivity index (χ1v) is 8.61. The van der Waals surface area contributed by atoms with Gasteiger partial charge < -0.3 is 15.0 Å². The normalized spacial score (nSPS) is 10.3. The van der Waals surface area contributed by atoms with Gasteiger partial charge >= 0.3 is 0 Å². The van der Waals surface area contributed by atoms with Crippen molar-refractivity contribution in [2.75, 3.05) is 23.9 Å². The summed E-state index contributed by atoms with van der Waals surface area (Å²) in [5.74, 6) is 0.353. The fourth-order valence-electron chi connectivity index (χ4n) is 2.76. The fourth-order valence-corrected chi connectivity index (χ4v) is 2.76. The number of hydrogen-bond acceptors (Lipinski definition) is 3. The van der Waals surface area contributed by atoms with Crippen LogP contribution in [0.2, 0.25) is 0 Å². The molecule has 0 aliphatic carbocycles. The molecule has 2 aromatic carbocycles. The molecule has 0 radical (unpaired) electrons. The highest BCUT2D eigenvalue weighted by Gasteiger charge is 2.18. The summed E-state index contributed by atoms with van der Waals surface area (Å²) in [6.07, 6.45) is 0.198. The average molecular weight is 354 g/mol. The number of nitrogens with one attached hydrogen (secondary N) is 1. The van der Waals surface area contributed by atoms with E-state index in [1.165, 1.54) is 6.92 Å². The third-order valence-corrected chi connectivity index (χ3v) is 4.23. The molecule has 26 heavy (non-hydrogen) atoms. The average Bonchev–Trinajstić information content (AvgIpc) is 2.58. The maximum absolute atomic E-state index is 12.4. The molecule has 0 bridgehead atoms. The monoisotopic (exact) mass is 354 g/mol. The largest absolute Gasteiger partial charge is 0.495 e. The Morgan fingerprint density at radius 2 is 1.69 bits per heavy atom. The lowest BCUT2D eigenvalue weighted by atomic mass is 10.1. The van der Waals surface area contributed by atoms with Gasteiger partial charge in [0, 0.05) is 25.6 Å². The van der Waals surface area contributed by atoms with Crippen LogP contribution in [0.1, 0.15) is 30.0 Å². The zero-order chi connectivity index (χ0) is 19.3. The van der Waals surface area contributed by atoms with Gasteiger partial charge in [0.2, 0.25) is 11.8 Å². The van der Waals surface area contributed by atoms with Gasteiger partial charge in [0.05, 0.1) is 12.8 Å². The van der Waals surface area contributed by atoms with Crippen molar-refractivity contribution in [3.63, 3.8) is 0 Å². The topological polar surface area (TPSA) is 58.6 Å². The Hall–Kier alpha value is -2.82. The number of carbonyl (C=O) groups excluding carboxylic acids is 2. The Bertz CT molecular complexity index is 815. The van der Waals surface area contributed by atoms with Gasteiger partial charge in [-0.25, -0.2) is 0 Å². The number of carbonyl (C=O) groups is 2. The number of benzene rings is 2. The first-order valence-electron chi connectivity index (χ1n) is 8.61. The highest BCUT2D eigenvalue weighted by molar-refractivity contribution is 5.96. The number of hydrogen-bond donors (Lipinski definition) is 1. The molecule has 0 aliphatic heterocycles. The summed E-state index contributed by atoms with van der Waals surface area (Å²) in [4.78, 5) is 26.1. The lowest BCUT2D eigenvalue weighted by molar-refractivity contribution is -0.117. The smallest absolute Gasteiger partial charge is 0.226 e. The van der Waals surface area contributed by atoms with Gasteiger partial charge in [0.25, 0.3) is 0 Å². The molecule has 138 valence electrons. The number of rotatable bonds is 6. The van der Waals surface area contributed by atoms with Crippen LogP contribution in [0.15, 0.2) is 36.4 Å². The van der Waals surface area contributed by atoms with Gasteiger partial charge in [0.1, 0.15) is 5.75 Å². The molecule has 0 spiro atoms. The summed E-state index contributed by atoms with van der Waals surface area (Å²) in [5, 5.41) is 2.93. The highest BCUT2D eigenvalue weighted by atomic mass is 16.5. The molecule has 0 unspecified atom stereocenters. The standard InChI is InChI=1S/C21H26N2O3/c1-14-6-8-16(3)18(12-14)22-21(25)10-11-23(17(4)24)19-13-15(2)7-9-20(19)26-5/h6-9,12-13H,10-11H2,1-5H3,(H,22,25). The van der Waals surface area contributed by atoms with Gasteiger partial charge in [-0.15, -0.1) is 0 Å². The van der Waals surface area contributed by atoms with E-state index in [2.05, 4.69) is 5.32 Å². The van der Waals surface area contributed by atoms with Gasteiger partial charge in [-0.2, -0.15) is 0 Å². The van der Waals surface area contributed by atoms with Crippen LogP contribution in [-0.4, -0.2) is 25.5 Å². The van der Waals surface area contributed by atoms with Crippen LogP contribution in [0.4, 0.5) is 11.4 Å². The van der Waals surface area contributed by atoms with Crippen LogP contribution in [0.25, 0.3) is 0 Å². The Balaban J connectivity index is 2.12. The summed E-state index contributed by atoms with van der Waals surface area (Å²) in [6.45, 7) is 7.66. The molecule has 0 aromatic heterocycles. The third kappa shape index (κ3) is 4.85. The lowest BCUT2D eigenvalue weighted by Crippen LogP contribution is -2.32. The molecule has 2 rings (SSSR count). The van der Waals surface area contributed by atoms with Gasteiger partial charge in [-0.05, 0) is 55.7 Å². The SMILES string of the molecule is COc1ccc(C)cc1N(CCC(=O)Nc1cc(C)ccc1C)C(C)=O. The predicted octanol–water partition coefficient (Wildman–Crippen LogP) is 4.00. The van der Waals surface area contributed by atoms with E-state index >= 15 is 0 Å². The molecule has 5 heteroatoms. The van der Waals surface area contributed by atoms with Crippen molar-refractivity contribution in [1.29, 1.82) is 0 Å². The summed E-state index contributed by atoms with van der Waals surface area (Å²) >= 11 is 0. The maximum atomic E-state index is 12.4. The highest BCUT2D eigenvalue weighted by Crippen LogP contribution is 2.29. The maximum Gasteiger partial charge on any atom is 0.226 e. The number of nitrogens with zero attached hydrogens (tertiary/aromatic N) is 1. The van der Waals surface area contributed by atoms with Gasteiger partial charge in [-0.1, -0.05) is 18.2 Å². The first kappa shape index (κ1) is 19.5. The van der Waals surface area contributed by atoms with Crippen molar-refractivity contribution in [2.45, 2.75) is 34.1 Å². The van der Waals surface area contributed by atoms with Crippen LogP contribution in [0.3, 0.4) is 0 Å². The molecular weight excluding hydrogens is 328 g/mol. The van der Waals surface area contributed by atoms with E-state index in [0.717, 1.165) is 22.4 Å². The second-order valence-corrected chi connectivity index (χ2v) is 6.46. The molecule has 1 N–H and O–H groups in total. The van der Waals surface area contributed by atoms with Crippen LogP contribution >= 0.6 is 0 Å². The van der Waals surface area contributed by atoms with Crippen molar-refractivity contribution >= 4 is 23.2 Å². The van der Waals surface area contributed by atoms with Gasteiger partial charge in [0.15, 0.2) is 0 Å². The van der Waals surface area contributed by atoms with Crippen molar-refractivity contribution in [2.24, 2.45) is 0 Å². The first-order chi connectivity index (χ1) is 12.3. The van der Waals surface area contributed by atoms with Crippen molar-refractivity contribution in [3.05, 3.63) is 53.1 Å². The van der Waals surface area contributed by atoms with E-state index in [1.807, 2.05) is 57.2 Å². The lowest BCUT2D eigenvalue weighted by Gasteiger charge is -2.23. The number of ether oxygens (including phenoxy) is 1. The molecule has 0 saturated carbocycles. The van der Waals surface area contributed by atoms with Crippen LogP contribution in [0, 0.1) is 20.8 Å². The Morgan fingerprint density at radius 3 is 2.35 bits per heavy atom. The summed E-state index contributed by atoms with van der Waals surface area (Å²) in [6, 6.07) is 11.6. The molecule has 2 aromatic rings. The van der Waals surface area contributed by atoms with Crippen molar-refractivity contribution in [1.82, 2.24) is 0 Å². The number of aryl methyl sites for hydroxylation is 3. The molecule has 0 atom stereocenters. The van der Waals surface area contributed by atoms with E-state index in [9.17, 15) is 9.59 Å². The minimum absolute atomic E-state index is 0.128. The van der Waals surface area contributed by atoms with Crippen LogP contribution in [-0.2, 0) is 9.59 Å². The molecular formula is C21H26N2O3. The van der Waals surface area contributed by atoms with E-state index in [4.69, 9.17) is 4.74 Å². The Kier molecular flexibility index (Phi) is 6.39. The third-order valence-electron chi connectivity index (χ3n) is 4.23. The molecule has 0 aliphatic rings. The van der Waals surface area contributed by atoms with E-state index in [1.54, 1.807) is 12.0 Å². The van der Waals surface area contributed by atoms with Crippen LogP contribution < -0.4 is 15.0 Å². The number of methoxy groups -OCH3 is 1. The minimum Gasteiger partial charge on any atom is -0.495 e. The molecule has 5 nitrogen and oxygen atoms in total.